The fourth-order valence-electron chi connectivity index (χ4n) is 1.76. The van der Waals surface area contributed by atoms with Gasteiger partial charge in [0.2, 0.25) is 11.7 Å². The lowest BCUT2D eigenvalue weighted by molar-refractivity contribution is 0.378. The van der Waals surface area contributed by atoms with Gasteiger partial charge in [0.1, 0.15) is 0 Å². The molecule has 0 bridgehead atoms. The molecule has 1 aromatic carbocycles. The first kappa shape index (κ1) is 10.7. The third-order valence-electron chi connectivity index (χ3n) is 2.92. The molecule has 18 heavy (non-hydrogen) atoms. The average molecular weight is 245 g/mol. The van der Waals surface area contributed by atoms with Crippen molar-refractivity contribution < 1.29 is 14.0 Å². The third kappa shape index (κ3) is 1.70. The van der Waals surface area contributed by atoms with Crippen LogP contribution < -0.4 is 0 Å². The van der Waals surface area contributed by atoms with Gasteiger partial charge in [0, 0.05) is 5.56 Å². The molecule has 6 heteroatoms. The van der Waals surface area contributed by atoms with Gasteiger partial charge in [0.15, 0.2) is 11.6 Å². The lowest BCUT2D eigenvalue weighted by Crippen LogP contribution is -1.85. The minimum atomic E-state index is -0.736. The molecule has 0 amide bonds. The number of nitrogens with zero attached hydrogens (tertiary/aromatic N) is 3. The highest BCUT2D eigenvalue weighted by atomic mass is 19.1. The van der Waals surface area contributed by atoms with E-state index in [1.165, 1.54) is 12.1 Å². The molecular weight excluding hydrogens is 237 g/mol. The van der Waals surface area contributed by atoms with Crippen LogP contribution in [0.4, 0.5) is 4.39 Å². The van der Waals surface area contributed by atoms with Gasteiger partial charge in [-0.05, 0) is 24.6 Å². The number of benzene rings is 1. The Morgan fingerprint density at radius 3 is 3.00 bits per heavy atom. The summed E-state index contributed by atoms with van der Waals surface area (Å²) in [7, 11) is 0. The lowest BCUT2D eigenvalue weighted by Gasteiger charge is -1.96. The monoisotopic (exact) mass is 245 g/mol. The van der Waals surface area contributed by atoms with Crippen LogP contribution in [-0.2, 0) is 0 Å². The summed E-state index contributed by atoms with van der Waals surface area (Å²) in [5.41, 5.74) is 0.425. The van der Waals surface area contributed by atoms with E-state index in [9.17, 15) is 4.39 Å². The van der Waals surface area contributed by atoms with Crippen molar-refractivity contribution >= 4 is 0 Å². The Morgan fingerprint density at radius 2 is 2.33 bits per heavy atom. The smallest absolute Gasteiger partial charge is 0.231 e. The number of phenols is 1. The number of aromatic nitrogens is 2. The van der Waals surface area contributed by atoms with Crippen molar-refractivity contribution in [1.82, 2.24) is 10.1 Å². The van der Waals surface area contributed by atoms with E-state index in [-0.39, 0.29) is 17.7 Å². The van der Waals surface area contributed by atoms with E-state index in [1.807, 2.05) is 0 Å². The second kappa shape index (κ2) is 3.81. The highest BCUT2D eigenvalue weighted by molar-refractivity contribution is 5.56. The molecule has 0 aliphatic heterocycles. The van der Waals surface area contributed by atoms with Crippen molar-refractivity contribution in [3.05, 3.63) is 29.9 Å². The van der Waals surface area contributed by atoms with Gasteiger partial charge in [0.25, 0.3) is 0 Å². The highest BCUT2D eigenvalue weighted by Gasteiger charge is 2.43. The fourth-order valence-corrected chi connectivity index (χ4v) is 1.76. The summed E-state index contributed by atoms with van der Waals surface area (Å²) in [5, 5.41) is 21.5. The molecule has 3 rings (SSSR count). The fraction of sp³-hybridized carbons (Fsp3) is 0.250. The second-order valence-electron chi connectivity index (χ2n) is 4.20. The molecule has 2 unspecified atom stereocenters. The summed E-state index contributed by atoms with van der Waals surface area (Å²) < 4.78 is 18.2. The van der Waals surface area contributed by atoms with E-state index in [1.54, 1.807) is 0 Å². The zero-order chi connectivity index (χ0) is 12.7. The summed E-state index contributed by atoms with van der Waals surface area (Å²) in [6.07, 6.45) is 0.724. The molecule has 0 spiro atoms. The number of hydrogen-bond donors (Lipinski definition) is 1. The quantitative estimate of drug-likeness (QED) is 0.876. The van der Waals surface area contributed by atoms with Crippen LogP contribution in [0.25, 0.3) is 11.4 Å². The van der Waals surface area contributed by atoms with Gasteiger partial charge in [-0.25, -0.2) is 4.39 Å². The molecule has 90 valence electrons. The molecule has 1 fully saturated rings. The van der Waals surface area contributed by atoms with Gasteiger partial charge in [-0.2, -0.15) is 10.2 Å². The van der Waals surface area contributed by atoms with Crippen molar-refractivity contribution in [2.75, 3.05) is 0 Å². The third-order valence-corrected chi connectivity index (χ3v) is 2.92. The normalized spacial score (nSPS) is 21.6. The van der Waals surface area contributed by atoms with E-state index in [2.05, 4.69) is 16.2 Å². The van der Waals surface area contributed by atoms with Crippen LogP contribution in [0.15, 0.2) is 22.7 Å². The van der Waals surface area contributed by atoms with Gasteiger partial charge in [-0.3, -0.25) is 0 Å². The molecule has 1 aliphatic carbocycles. The Morgan fingerprint density at radius 1 is 1.50 bits per heavy atom. The Labute approximate surface area is 101 Å². The zero-order valence-electron chi connectivity index (χ0n) is 9.17. The minimum absolute atomic E-state index is 0.00166. The predicted octanol–water partition coefficient (Wildman–Crippen LogP) is 2.21. The first-order chi connectivity index (χ1) is 8.69. The molecule has 0 saturated heterocycles. The van der Waals surface area contributed by atoms with E-state index < -0.39 is 11.6 Å². The lowest BCUT2D eigenvalue weighted by atomic mass is 10.2. The summed E-state index contributed by atoms with van der Waals surface area (Å²) >= 11 is 0. The number of aromatic hydroxyl groups is 1. The Kier molecular flexibility index (Phi) is 2.27. The summed E-state index contributed by atoms with van der Waals surface area (Å²) in [6, 6.07) is 6.00. The van der Waals surface area contributed by atoms with Crippen LogP contribution in [-0.4, -0.2) is 15.2 Å². The molecule has 0 radical (unpaired) electrons. The van der Waals surface area contributed by atoms with Crippen molar-refractivity contribution in [1.29, 1.82) is 5.26 Å². The van der Waals surface area contributed by atoms with Crippen LogP contribution >= 0.6 is 0 Å². The van der Waals surface area contributed by atoms with Gasteiger partial charge >= 0.3 is 0 Å². The van der Waals surface area contributed by atoms with E-state index in [4.69, 9.17) is 14.9 Å². The number of hydrogen-bond acceptors (Lipinski definition) is 5. The van der Waals surface area contributed by atoms with Crippen molar-refractivity contribution in [3.8, 4) is 23.2 Å². The first-order valence-electron chi connectivity index (χ1n) is 5.41. The standard InChI is InChI=1S/C12H8FN3O2/c13-9-4-6(1-2-10(9)17)11-15-12(18-16-11)8-3-7(8)5-14/h1-2,4,7-8,17H,3H2. The van der Waals surface area contributed by atoms with Gasteiger partial charge < -0.3 is 9.63 Å². The molecule has 1 N–H and O–H groups in total. The molecule has 1 aromatic heterocycles. The Bertz CT molecular complexity index is 647. The maximum absolute atomic E-state index is 13.2. The maximum atomic E-state index is 13.2. The highest BCUT2D eigenvalue weighted by Crippen LogP contribution is 2.46. The molecule has 1 saturated carbocycles. The topological polar surface area (TPSA) is 82.9 Å². The zero-order valence-corrected chi connectivity index (χ0v) is 9.17. The number of rotatable bonds is 2. The van der Waals surface area contributed by atoms with Crippen LogP contribution in [0.2, 0.25) is 0 Å². The molecule has 1 heterocycles. The Balaban J connectivity index is 1.89. The van der Waals surface area contributed by atoms with Crippen LogP contribution in [0.1, 0.15) is 18.2 Å². The van der Waals surface area contributed by atoms with E-state index >= 15 is 0 Å². The SMILES string of the molecule is N#CC1CC1c1nc(-c2ccc(O)c(F)c2)no1. The van der Waals surface area contributed by atoms with Crippen LogP contribution in [0, 0.1) is 23.1 Å². The van der Waals surface area contributed by atoms with Gasteiger partial charge in [-0.1, -0.05) is 5.16 Å². The second-order valence-corrected chi connectivity index (χ2v) is 4.20. The summed E-state index contributed by atoms with van der Waals surface area (Å²) in [4.78, 5) is 4.13. The number of nitriles is 1. The van der Waals surface area contributed by atoms with Crippen LogP contribution in [0.3, 0.4) is 0 Å². The largest absolute Gasteiger partial charge is 0.505 e. The minimum Gasteiger partial charge on any atom is -0.505 e. The molecule has 2 aromatic rings. The van der Waals surface area contributed by atoms with E-state index in [0.717, 1.165) is 12.5 Å². The van der Waals surface area contributed by atoms with Crippen molar-refractivity contribution in [2.24, 2.45) is 5.92 Å². The van der Waals surface area contributed by atoms with Crippen LogP contribution in [0.5, 0.6) is 5.75 Å². The van der Waals surface area contributed by atoms with Crippen molar-refractivity contribution in [3.63, 3.8) is 0 Å². The van der Waals surface area contributed by atoms with E-state index in [0.29, 0.717) is 11.5 Å². The number of phenolic OH excluding ortho intramolecular Hbond substituents is 1. The Hall–Kier alpha value is -2.42. The number of halogens is 1. The summed E-state index contributed by atoms with van der Waals surface area (Å²) in [6.45, 7) is 0. The average Bonchev–Trinajstić information content (AvgIpc) is 3.01. The summed E-state index contributed by atoms with van der Waals surface area (Å²) in [5.74, 6) is -0.556. The van der Waals surface area contributed by atoms with Gasteiger partial charge in [0.05, 0.1) is 17.9 Å². The predicted molar refractivity (Wildman–Crippen MR) is 57.8 cm³/mol. The molecule has 2 atom stereocenters. The molecule has 5 nitrogen and oxygen atoms in total. The van der Waals surface area contributed by atoms with Crippen molar-refractivity contribution in [2.45, 2.75) is 12.3 Å². The maximum Gasteiger partial charge on any atom is 0.231 e. The molecule has 1 aliphatic rings. The first-order valence-corrected chi connectivity index (χ1v) is 5.41. The van der Waals surface area contributed by atoms with Gasteiger partial charge in [-0.15, -0.1) is 0 Å². The molecular formula is C12H8FN3O2.